The molecule has 0 bridgehead atoms. The molecule has 3 N–H and O–H groups in total. The molecule has 0 heterocycles. The van der Waals surface area contributed by atoms with Crippen LogP contribution in [0.2, 0.25) is 5.02 Å². The van der Waals surface area contributed by atoms with E-state index in [1.54, 1.807) is 6.08 Å². The Hall–Kier alpha value is -2.36. The van der Waals surface area contributed by atoms with Crippen LogP contribution in [0.3, 0.4) is 0 Å². The van der Waals surface area contributed by atoms with Crippen molar-refractivity contribution in [3.8, 4) is 0 Å². The number of carbonyl (C=O) groups is 1. The van der Waals surface area contributed by atoms with Gasteiger partial charge in [-0.1, -0.05) is 48.0 Å². The van der Waals surface area contributed by atoms with E-state index >= 15 is 0 Å². The molecule has 0 saturated heterocycles. The highest BCUT2D eigenvalue weighted by Crippen LogP contribution is 2.24. The third-order valence-corrected chi connectivity index (χ3v) is 4.31. The van der Waals surface area contributed by atoms with E-state index in [1.165, 1.54) is 24.5 Å². The Kier molecular flexibility index (Phi) is 5.69. The van der Waals surface area contributed by atoms with E-state index in [-0.39, 0.29) is 0 Å². The molecule has 0 atom stereocenters. The van der Waals surface area contributed by atoms with Crippen molar-refractivity contribution in [2.75, 3.05) is 6.54 Å². The van der Waals surface area contributed by atoms with Gasteiger partial charge in [-0.25, -0.2) is 0 Å². The fraction of sp³-hybridized carbons (Fsp3) is 0.190. The minimum absolute atomic E-state index is 0.446. The van der Waals surface area contributed by atoms with Gasteiger partial charge in [0.05, 0.1) is 0 Å². The van der Waals surface area contributed by atoms with Crippen LogP contribution in [0.5, 0.6) is 0 Å². The Morgan fingerprint density at radius 1 is 1.16 bits per heavy atom. The molecule has 3 nitrogen and oxygen atoms in total. The second-order valence-electron chi connectivity index (χ2n) is 6.24. The molecule has 1 saturated carbocycles. The van der Waals surface area contributed by atoms with Gasteiger partial charge in [0, 0.05) is 23.7 Å². The minimum atomic E-state index is -0.446. The number of benzene rings is 2. The van der Waals surface area contributed by atoms with Crippen LogP contribution in [-0.4, -0.2) is 18.5 Å². The third kappa shape index (κ3) is 5.59. The molecular formula is C21H21ClN2O. The highest BCUT2D eigenvalue weighted by molar-refractivity contribution is 6.30. The number of hydrogen-bond acceptors (Lipinski definition) is 2. The van der Waals surface area contributed by atoms with Crippen molar-refractivity contribution in [2.45, 2.75) is 18.9 Å². The van der Waals surface area contributed by atoms with Gasteiger partial charge < -0.3 is 11.1 Å². The molecule has 1 aliphatic rings. The van der Waals surface area contributed by atoms with E-state index in [2.05, 4.69) is 17.5 Å². The predicted octanol–water partition coefficient (Wildman–Crippen LogP) is 4.13. The Labute approximate surface area is 153 Å². The normalized spacial score (nSPS) is 14.8. The number of hydrogen-bond donors (Lipinski definition) is 2. The molecule has 1 fully saturated rings. The van der Waals surface area contributed by atoms with Crippen LogP contribution in [0.25, 0.3) is 17.7 Å². The van der Waals surface area contributed by atoms with Gasteiger partial charge in [0.15, 0.2) is 0 Å². The summed E-state index contributed by atoms with van der Waals surface area (Å²) < 4.78 is 0. The number of nitrogens with two attached hydrogens (primary N) is 1. The van der Waals surface area contributed by atoms with Crippen molar-refractivity contribution >= 4 is 35.2 Å². The Morgan fingerprint density at radius 2 is 1.88 bits per heavy atom. The first-order chi connectivity index (χ1) is 12.1. The highest BCUT2D eigenvalue weighted by atomic mass is 35.5. The van der Waals surface area contributed by atoms with Gasteiger partial charge in [0.1, 0.15) is 0 Å². The quantitative estimate of drug-likeness (QED) is 0.581. The molecule has 0 aliphatic heterocycles. The predicted molar refractivity (Wildman–Crippen MR) is 105 cm³/mol. The lowest BCUT2D eigenvalue weighted by molar-refractivity contribution is -0.113. The largest absolute Gasteiger partial charge is 0.366 e. The zero-order valence-electron chi connectivity index (χ0n) is 13.9. The van der Waals surface area contributed by atoms with E-state index in [1.807, 2.05) is 42.5 Å². The van der Waals surface area contributed by atoms with Crippen LogP contribution in [0, 0.1) is 0 Å². The van der Waals surface area contributed by atoms with Crippen LogP contribution in [0.4, 0.5) is 0 Å². The molecule has 25 heavy (non-hydrogen) atoms. The first-order valence-corrected chi connectivity index (χ1v) is 8.75. The van der Waals surface area contributed by atoms with Crippen LogP contribution < -0.4 is 11.1 Å². The number of amides is 1. The molecule has 0 spiro atoms. The van der Waals surface area contributed by atoms with Crippen molar-refractivity contribution < 1.29 is 4.79 Å². The zero-order valence-corrected chi connectivity index (χ0v) is 14.7. The van der Waals surface area contributed by atoms with Crippen molar-refractivity contribution in [1.82, 2.24) is 5.32 Å². The summed E-state index contributed by atoms with van der Waals surface area (Å²) in [6, 6.07) is 16.6. The van der Waals surface area contributed by atoms with E-state index in [4.69, 9.17) is 17.3 Å². The van der Waals surface area contributed by atoms with Crippen LogP contribution in [0.15, 0.2) is 54.6 Å². The standard InChI is InChI=1S/C21H21ClN2O/c22-19-3-1-2-17(13-19)18(14-24-20-9-10-20)12-16-6-4-15(5-7-16)8-11-21(23)25/h1-8,11-13,20,24H,9-10,14H2,(H2,23,25)/b11-8+,18-12-. The summed E-state index contributed by atoms with van der Waals surface area (Å²) in [5.74, 6) is -0.446. The first-order valence-electron chi connectivity index (χ1n) is 8.37. The molecule has 0 unspecified atom stereocenters. The number of nitrogens with one attached hydrogen (secondary N) is 1. The minimum Gasteiger partial charge on any atom is -0.366 e. The van der Waals surface area contributed by atoms with E-state index in [9.17, 15) is 4.79 Å². The highest BCUT2D eigenvalue weighted by Gasteiger charge is 2.20. The lowest BCUT2D eigenvalue weighted by Gasteiger charge is -2.10. The van der Waals surface area contributed by atoms with Crippen molar-refractivity contribution in [1.29, 1.82) is 0 Å². The molecule has 3 rings (SSSR count). The molecule has 2 aromatic carbocycles. The van der Waals surface area contributed by atoms with Gasteiger partial charge in [-0.05, 0) is 59.4 Å². The molecular weight excluding hydrogens is 332 g/mol. The van der Waals surface area contributed by atoms with Gasteiger partial charge in [-0.2, -0.15) is 0 Å². The monoisotopic (exact) mass is 352 g/mol. The summed E-state index contributed by atoms with van der Waals surface area (Å²) in [4.78, 5) is 10.8. The summed E-state index contributed by atoms with van der Waals surface area (Å²) in [6.07, 6.45) is 7.75. The first kappa shape index (κ1) is 17.5. The SMILES string of the molecule is NC(=O)/C=C/c1ccc(/C=C(/CNC2CC2)c2cccc(Cl)c2)cc1. The summed E-state index contributed by atoms with van der Waals surface area (Å²) in [7, 11) is 0. The number of carbonyl (C=O) groups excluding carboxylic acids is 1. The Morgan fingerprint density at radius 3 is 2.52 bits per heavy atom. The molecule has 0 radical (unpaired) electrons. The van der Waals surface area contributed by atoms with E-state index in [0.29, 0.717) is 6.04 Å². The molecule has 2 aromatic rings. The molecule has 1 aliphatic carbocycles. The fourth-order valence-electron chi connectivity index (χ4n) is 2.55. The lowest BCUT2D eigenvalue weighted by atomic mass is 10.0. The van der Waals surface area contributed by atoms with E-state index in [0.717, 1.165) is 28.3 Å². The summed E-state index contributed by atoms with van der Waals surface area (Å²) in [5, 5.41) is 4.30. The number of halogens is 1. The Bertz CT molecular complexity index is 805. The van der Waals surface area contributed by atoms with Crippen molar-refractivity contribution in [3.05, 3.63) is 76.3 Å². The van der Waals surface area contributed by atoms with E-state index < -0.39 is 5.91 Å². The topological polar surface area (TPSA) is 55.1 Å². The molecule has 128 valence electrons. The second kappa shape index (κ2) is 8.15. The number of rotatable bonds is 7. The number of primary amides is 1. The average Bonchev–Trinajstić information content (AvgIpc) is 3.42. The van der Waals surface area contributed by atoms with Gasteiger partial charge in [-0.3, -0.25) is 4.79 Å². The zero-order chi connectivity index (χ0) is 17.6. The van der Waals surface area contributed by atoms with Gasteiger partial charge in [-0.15, -0.1) is 0 Å². The maximum atomic E-state index is 10.8. The summed E-state index contributed by atoms with van der Waals surface area (Å²) in [6.45, 7) is 0.814. The fourth-order valence-corrected chi connectivity index (χ4v) is 2.74. The van der Waals surface area contributed by atoms with Crippen molar-refractivity contribution in [3.63, 3.8) is 0 Å². The van der Waals surface area contributed by atoms with Gasteiger partial charge in [0.25, 0.3) is 0 Å². The Balaban J connectivity index is 1.82. The van der Waals surface area contributed by atoms with Gasteiger partial charge >= 0.3 is 0 Å². The molecule has 1 amide bonds. The second-order valence-corrected chi connectivity index (χ2v) is 6.67. The van der Waals surface area contributed by atoms with Crippen LogP contribution >= 0.6 is 11.6 Å². The summed E-state index contributed by atoms with van der Waals surface area (Å²) in [5.41, 5.74) is 9.49. The van der Waals surface area contributed by atoms with Gasteiger partial charge in [0.2, 0.25) is 5.91 Å². The van der Waals surface area contributed by atoms with Crippen LogP contribution in [-0.2, 0) is 4.79 Å². The molecule has 0 aromatic heterocycles. The average molecular weight is 353 g/mol. The summed E-state index contributed by atoms with van der Waals surface area (Å²) >= 11 is 6.16. The smallest absolute Gasteiger partial charge is 0.241 e. The maximum absolute atomic E-state index is 10.8. The third-order valence-electron chi connectivity index (χ3n) is 4.07. The molecule has 4 heteroatoms. The van der Waals surface area contributed by atoms with Crippen LogP contribution in [0.1, 0.15) is 29.5 Å². The van der Waals surface area contributed by atoms with Crippen molar-refractivity contribution in [2.24, 2.45) is 5.73 Å². The maximum Gasteiger partial charge on any atom is 0.241 e. The lowest BCUT2D eigenvalue weighted by Crippen LogP contribution is -2.18.